The van der Waals surface area contributed by atoms with Crippen LogP contribution in [0.1, 0.15) is 29.7 Å². The van der Waals surface area contributed by atoms with Crippen LogP contribution in [-0.2, 0) is 9.59 Å². The zero-order valence-electron chi connectivity index (χ0n) is 16.9. The fourth-order valence-electron chi connectivity index (χ4n) is 3.94. The van der Waals surface area contributed by atoms with Gasteiger partial charge in [-0.1, -0.05) is 66.2 Å². The maximum absolute atomic E-state index is 12.9. The predicted molar refractivity (Wildman–Crippen MR) is 116 cm³/mol. The lowest BCUT2D eigenvalue weighted by Gasteiger charge is -2.26. The van der Waals surface area contributed by atoms with Crippen molar-refractivity contribution in [2.24, 2.45) is 0 Å². The summed E-state index contributed by atoms with van der Waals surface area (Å²) in [6, 6.07) is 19.9. The van der Waals surface area contributed by atoms with Crippen LogP contribution in [0.4, 0.5) is 0 Å². The number of fused-ring (bicyclic) bond motifs is 1. The molecule has 1 fully saturated rings. The Hall–Kier alpha value is -3.44. The van der Waals surface area contributed by atoms with Gasteiger partial charge in [-0.3, -0.25) is 9.59 Å². The van der Waals surface area contributed by atoms with Crippen molar-refractivity contribution in [2.75, 3.05) is 6.54 Å². The Labute approximate surface area is 174 Å². The first-order chi connectivity index (χ1) is 14.4. The third-order valence-corrected chi connectivity index (χ3v) is 5.42. The van der Waals surface area contributed by atoms with Gasteiger partial charge >= 0.3 is 0 Å². The molecule has 0 spiro atoms. The summed E-state index contributed by atoms with van der Waals surface area (Å²) < 4.78 is 0. The molecule has 30 heavy (non-hydrogen) atoms. The standard InChI is InChI=1S/C25H23NO4/c1-15-7-9-18(10-8-15)23(28)21-22(26(14-16(2)27)25(30)24(21)29)20-12-11-17-5-3-4-6-19(17)13-20/h3-13,16,22,27-28H,14H2,1-2H3. The second kappa shape index (κ2) is 7.76. The molecule has 2 atom stereocenters. The van der Waals surface area contributed by atoms with Crippen LogP contribution in [0.3, 0.4) is 0 Å². The summed E-state index contributed by atoms with van der Waals surface area (Å²) in [6.45, 7) is 3.49. The average Bonchev–Trinajstić information content (AvgIpc) is 2.98. The number of amides is 1. The lowest BCUT2D eigenvalue weighted by Crippen LogP contribution is -2.35. The molecule has 3 aromatic rings. The van der Waals surface area contributed by atoms with E-state index in [0.29, 0.717) is 11.1 Å². The molecule has 0 radical (unpaired) electrons. The van der Waals surface area contributed by atoms with E-state index in [1.165, 1.54) is 4.90 Å². The van der Waals surface area contributed by atoms with E-state index >= 15 is 0 Å². The first kappa shape index (κ1) is 19.9. The summed E-state index contributed by atoms with van der Waals surface area (Å²) in [7, 11) is 0. The van der Waals surface area contributed by atoms with Crippen molar-refractivity contribution in [3.05, 3.63) is 89.0 Å². The Morgan fingerprint density at radius 2 is 1.67 bits per heavy atom. The van der Waals surface area contributed by atoms with E-state index in [9.17, 15) is 19.8 Å². The lowest BCUT2D eigenvalue weighted by atomic mass is 9.93. The van der Waals surface area contributed by atoms with Gasteiger partial charge in [0.2, 0.25) is 0 Å². The number of hydrogen-bond acceptors (Lipinski definition) is 4. The van der Waals surface area contributed by atoms with Crippen LogP contribution in [0.25, 0.3) is 16.5 Å². The van der Waals surface area contributed by atoms with Crippen LogP contribution in [0.2, 0.25) is 0 Å². The predicted octanol–water partition coefficient (Wildman–Crippen LogP) is 3.95. The number of hydrogen-bond donors (Lipinski definition) is 2. The second-order valence-electron chi connectivity index (χ2n) is 7.77. The molecule has 0 aromatic heterocycles. The van der Waals surface area contributed by atoms with Crippen LogP contribution in [0, 0.1) is 6.92 Å². The van der Waals surface area contributed by atoms with Gasteiger partial charge in [0.25, 0.3) is 11.7 Å². The summed E-state index contributed by atoms with van der Waals surface area (Å²) in [5.74, 6) is -1.67. The van der Waals surface area contributed by atoms with E-state index in [-0.39, 0.29) is 17.9 Å². The molecule has 3 aromatic carbocycles. The van der Waals surface area contributed by atoms with Crippen molar-refractivity contribution < 1.29 is 19.8 Å². The van der Waals surface area contributed by atoms with E-state index in [0.717, 1.165) is 16.3 Å². The molecule has 2 unspecified atom stereocenters. The van der Waals surface area contributed by atoms with E-state index in [1.807, 2.05) is 61.5 Å². The van der Waals surface area contributed by atoms with Crippen LogP contribution in [0.5, 0.6) is 0 Å². The number of β-amino-alcohol motifs (C(OH)–C–C–N with tert-alkyl or cyclic N) is 1. The summed E-state index contributed by atoms with van der Waals surface area (Å²) in [5, 5.41) is 23.0. The maximum Gasteiger partial charge on any atom is 0.295 e. The van der Waals surface area contributed by atoms with Crippen molar-refractivity contribution in [3.63, 3.8) is 0 Å². The van der Waals surface area contributed by atoms with Gasteiger partial charge in [0.1, 0.15) is 5.76 Å². The highest BCUT2D eigenvalue weighted by atomic mass is 16.3. The largest absolute Gasteiger partial charge is 0.507 e. The van der Waals surface area contributed by atoms with Gasteiger partial charge in [-0.05, 0) is 36.2 Å². The van der Waals surface area contributed by atoms with Crippen LogP contribution in [0.15, 0.2) is 72.3 Å². The van der Waals surface area contributed by atoms with E-state index in [1.54, 1.807) is 19.1 Å². The monoisotopic (exact) mass is 401 g/mol. The molecule has 152 valence electrons. The molecular weight excluding hydrogens is 378 g/mol. The first-order valence-electron chi connectivity index (χ1n) is 9.89. The molecule has 1 aliphatic heterocycles. The van der Waals surface area contributed by atoms with E-state index in [2.05, 4.69) is 0 Å². The molecule has 5 heteroatoms. The fourth-order valence-corrected chi connectivity index (χ4v) is 3.94. The fraction of sp³-hybridized carbons (Fsp3) is 0.200. The van der Waals surface area contributed by atoms with Gasteiger partial charge in [0, 0.05) is 12.1 Å². The zero-order chi connectivity index (χ0) is 21.4. The summed E-state index contributed by atoms with van der Waals surface area (Å²) in [5.41, 5.74) is 2.25. The number of rotatable bonds is 4. The number of Topliss-reactive ketones (excluding diaryl/α,β-unsaturated/α-hetero) is 1. The molecule has 1 heterocycles. The van der Waals surface area contributed by atoms with Gasteiger partial charge in [-0.15, -0.1) is 0 Å². The quantitative estimate of drug-likeness (QED) is 0.394. The Morgan fingerprint density at radius 3 is 2.33 bits per heavy atom. The van der Waals surface area contributed by atoms with Crippen molar-refractivity contribution in [2.45, 2.75) is 26.0 Å². The lowest BCUT2D eigenvalue weighted by molar-refractivity contribution is -0.140. The number of ketones is 1. The number of carbonyl (C=O) groups is 2. The Kier molecular flexibility index (Phi) is 5.14. The number of carbonyl (C=O) groups excluding carboxylic acids is 2. The van der Waals surface area contributed by atoms with E-state index in [4.69, 9.17) is 0 Å². The number of benzene rings is 3. The Balaban J connectivity index is 1.91. The third-order valence-electron chi connectivity index (χ3n) is 5.42. The molecule has 1 aliphatic rings. The second-order valence-corrected chi connectivity index (χ2v) is 7.77. The molecule has 2 N–H and O–H groups in total. The number of aliphatic hydroxyl groups excluding tert-OH is 2. The molecule has 4 rings (SSSR count). The maximum atomic E-state index is 12.9. The van der Waals surface area contributed by atoms with Crippen molar-refractivity contribution in [1.82, 2.24) is 4.90 Å². The zero-order valence-corrected chi connectivity index (χ0v) is 16.9. The summed E-state index contributed by atoms with van der Waals surface area (Å²) >= 11 is 0. The molecule has 5 nitrogen and oxygen atoms in total. The smallest absolute Gasteiger partial charge is 0.295 e. The number of aliphatic hydroxyl groups is 2. The Morgan fingerprint density at radius 1 is 1.00 bits per heavy atom. The molecular formula is C25H23NO4. The molecule has 1 amide bonds. The molecule has 0 bridgehead atoms. The average molecular weight is 401 g/mol. The summed E-state index contributed by atoms with van der Waals surface area (Å²) in [4.78, 5) is 27.1. The van der Waals surface area contributed by atoms with Gasteiger partial charge in [0.05, 0.1) is 17.7 Å². The highest BCUT2D eigenvalue weighted by molar-refractivity contribution is 6.46. The van der Waals surface area contributed by atoms with Crippen LogP contribution < -0.4 is 0 Å². The van der Waals surface area contributed by atoms with Crippen molar-refractivity contribution >= 4 is 28.2 Å². The highest BCUT2D eigenvalue weighted by Crippen LogP contribution is 2.40. The topological polar surface area (TPSA) is 77.8 Å². The normalized spacial score (nSPS) is 19.4. The number of likely N-dealkylation sites (tertiary alicyclic amines) is 1. The minimum atomic E-state index is -0.814. The Bertz CT molecular complexity index is 1160. The van der Waals surface area contributed by atoms with Gasteiger partial charge in [-0.2, -0.15) is 0 Å². The molecule has 0 aliphatic carbocycles. The van der Waals surface area contributed by atoms with Crippen LogP contribution in [-0.4, -0.2) is 39.5 Å². The number of aryl methyl sites for hydroxylation is 1. The van der Waals surface area contributed by atoms with Crippen LogP contribution >= 0.6 is 0 Å². The minimum absolute atomic E-state index is 0.00720. The van der Waals surface area contributed by atoms with Gasteiger partial charge in [0.15, 0.2) is 0 Å². The summed E-state index contributed by atoms with van der Waals surface area (Å²) in [6.07, 6.45) is -0.814. The van der Waals surface area contributed by atoms with Crippen molar-refractivity contribution in [3.8, 4) is 0 Å². The van der Waals surface area contributed by atoms with E-state index < -0.39 is 23.8 Å². The number of nitrogens with zero attached hydrogens (tertiary/aromatic N) is 1. The van der Waals surface area contributed by atoms with Gasteiger partial charge < -0.3 is 15.1 Å². The SMILES string of the molecule is Cc1ccc(C(O)=C2C(=O)C(=O)N(CC(C)O)C2c2ccc3ccccc3c2)cc1. The third kappa shape index (κ3) is 3.48. The van der Waals surface area contributed by atoms with Crippen molar-refractivity contribution in [1.29, 1.82) is 0 Å². The molecule has 1 saturated heterocycles. The minimum Gasteiger partial charge on any atom is -0.507 e. The van der Waals surface area contributed by atoms with Gasteiger partial charge in [-0.25, -0.2) is 0 Å². The first-order valence-corrected chi connectivity index (χ1v) is 9.89. The highest BCUT2D eigenvalue weighted by Gasteiger charge is 2.46. The molecule has 0 saturated carbocycles.